The van der Waals surface area contributed by atoms with Crippen molar-refractivity contribution in [3.8, 4) is 11.5 Å². The maximum absolute atomic E-state index is 9.88. The smallest absolute Gasteiger partial charge is 0.191 e. The summed E-state index contributed by atoms with van der Waals surface area (Å²) >= 11 is 0. The number of ether oxygens (including phenoxy) is 1. The average Bonchev–Trinajstić information content (AvgIpc) is 2.60. The zero-order valence-corrected chi connectivity index (χ0v) is 18.6. The predicted octanol–water partition coefficient (Wildman–Crippen LogP) is 2.95. The molecule has 6 nitrogen and oxygen atoms in total. The van der Waals surface area contributed by atoms with Crippen LogP contribution in [-0.4, -0.2) is 54.8 Å². The number of aliphatic imine (C=N–C) groups is 1. The molecule has 1 aromatic rings. The monoisotopic (exact) mass is 476 g/mol. The molecule has 0 aliphatic carbocycles. The third-order valence-corrected chi connectivity index (χ3v) is 4.61. The summed E-state index contributed by atoms with van der Waals surface area (Å²) in [6.07, 6.45) is 2.26. The van der Waals surface area contributed by atoms with Gasteiger partial charge in [0.15, 0.2) is 17.5 Å². The molecule has 0 aromatic heterocycles. The summed E-state index contributed by atoms with van der Waals surface area (Å²) in [7, 11) is 1.55. The number of methoxy groups -OCH3 is 1. The average molecular weight is 476 g/mol. The van der Waals surface area contributed by atoms with Crippen molar-refractivity contribution in [3.63, 3.8) is 0 Å². The maximum atomic E-state index is 9.88. The summed E-state index contributed by atoms with van der Waals surface area (Å²) < 4.78 is 5.08. The lowest BCUT2D eigenvalue weighted by Gasteiger charge is -2.35. The van der Waals surface area contributed by atoms with Crippen LogP contribution in [0, 0.1) is 0 Å². The van der Waals surface area contributed by atoms with Gasteiger partial charge >= 0.3 is 0 Å². The molecule has 0 atom stereocenters. The van der Waals surface area contributed by atoms with Crippen molar-refractivity contribution in [1.82, 2.24) is 15.5 Å². The molecular formula is C19H33IN4O2. The zero-order valence-electron chi connectivity index (χ0n) is 16.3. The largest absolute Gasteiger partial charge is 0.504 e. The highest BCUT2D eigenvalue weighted by molar-refractivity contribution is 14.0. The second-order valence-electron chi connectivity index (χ2n) is 6.75. The van der Waals surface area contributed by atoms with E-state index in [0.29, 0.717) is 24.4 Å². The first-order chi connectivity index (χ1) is 12.0. The van der Waals surface area contributed by atoms with E-state index in [1.807, 2.05) is 6.07 Å². The van der Waals surface area contributed by atoms with Gasteiger partial charge in [-0.05, 0) is 51.3 Å². The number of phenolic OH excluding ortho intramolecular Hbond substituents is 1. The minimum Gasteiger partial charge on any atom is -0.504 e. The van der Waals surface area contributed by atoms with Crippen LogP contribution in [0.3, 0.4) is 0 Å². The van der Waals surface area contributed by atoms with E-state index in [9.17, 15) is 5.11 Å². The summed E-state index contributed by atoms with van der Waals surface area (Å²) in [5.74, 6) is 1.46. The molecule has 0 bridgehead atoms. The highest BCUT2D eigenvalue weighted by Crippen LogP contribution is 2.26. The number of hydrogen-bond acceptors (Lipinski definition) is 4. The van der Waals surface area contributed by atoms with Crippen LogP contribution < -0.4 is 15.4 Å². The molecular weight excluding hydrogens is 443 g/mol. The van der Waals surface area contributed by atoms with Gasteiger partial charge < -0.3 is 25.4 Å². The molecule has 0 spiro atoms. The number of nitrogens with one attached hydrogen (secondary N) is 2. The fraction of sp³-hybridized carbons (Fsp3) is 0.632. The fourth-order valence-electron chi connectivity index (χ4n) is 3.08. The molecule has 0 radical (unpaired) electrons. The molecule has 1 fully saturated rings. The van der Waals surface area contributed by atoms with E-state index in [1.54, 1.807) is 19.2 Å². The molecule has 2 rings (SSSR count). The molecule has 0 unspecified atom stereocenters. The number of rotatable bonds is 6. The topological polar surface area (TPSA) is 69.1 Å². The van der Waals surface area contributed by atoms with Gasteiger partial charge in [0, 0.05) is 31.7 Å². The van der Waals surface area contributed by atoms with E-state index in [2.05, 4.69) is 41.3 Å². The van der Waals surface area contributed by atoms with E-state index in [0.717, 1.165) is 44.0 Å². The van der Waals surface area contributed by atoms with E-state index in [1.165, 1.54) is 0 Å². The van der Waals surface area contributed by atoms with Crippen molar-refractivity contribution in [1.29, 1.82) is 0 Å². The molecule has 1 aromatic carbocycles. The van der Waals surface area contributed by atoms with Gasteiger partial charge in [-0.3, -0.25) is 0 Å². The molecule has 3 N–H and O–H groups in total. The normalized spacial score (nSPS) is 16.3. The maximum Gasteiger partial charge on any atom is 0.191 e. The Morgan fingerprint density at radius 3 is 2.58 bits per heavy atom. The van der Waals surface area contributed by atoms with E-state index >= 15 is 0 Å². The van der Waals surface area contributed by atoms with E-state index in [-0.39, 0.29) is 29.7 Å². The van der Waals surface area contributed by atoms with E-state index < -0.39 is 0 Å². The van der Waals surface area contributed by atoms with E-state index in [4.69, 9.17) is 4.74 Å². The number of benzene rings is 1. The first-order valence-corrected chi connectivity index (χ1v) is 9.18. The van der Waals surface area contributed by atoms with Gasteiger partial charge in [-0.15, -0.1) is 24.0 Å². The number of likely N-dealkylation sites (tertiary alicyclic amines) is 1. The Labute approximate surface area is 174 Å². The molecule has 1 heterocycles. The van der Waals surface area contributed by atoms with Crippen molar-refractivity contribution < 1.29 is 9.84 Å². The van der Waals surface area contributed by atoms with Gasteiger partial charge in [0.2, 0.25) is 0 Å². The number of guanidine groups is 1. The zero-order chi connectivity index (χ0) is 18.2. The molecule has 1 aliphatic rings. The molecule has 1 aliphatic heterocycles. The summed E-state index contributed by atoms with van der Waals surface area (Å²) in [5, 5.41) is 16.7. The number of phenols is 1. The van der Waals surface area contributed by atoms with Crippen LogP contribution in [0.1, 0.15) is 39.2 Å². The van der Waals surface area contributed by atoms with Crippen molar-refractivity contribution >= 4 is 29.9 Å². The first kappa shape index (κ1) is 22.8. The Morgan fingerprint density at radius 2 is 2.04 bits per heavy atom. The second kappa shape index (κ2) is 11.5. The van der Waals surface area contributed by atoms with Crippen LogP contribution in [-0.2, 0) is 6.54 Å². The number of hydrogen-bond donors (Lipinski definition) is 3. The Kier molecular flexibility index (Phi) is 10.1. The van der Waals surface area contributed by atoms with Crippen LogP contribution in [0.2, 0.25) is 0 Å². The van der Waals surface area contributed by atoms with Gasteiger partial charge in [0.25, 0.3) is 0 Å². The third-order valence-electron chi connectivity index (χ3n) is 4.61. The molecule has 7 heteroatoms. The van der Waals surface area contributed by atoms with Gasteiger partial charge in [0.05, 0.1) is 13.7 Å². The molecule has 26 heavy (non-hydrogen) atoms. The Hall–Kier alpha value is -1.22. The number of halogens is 1. The Morgan fingerprint density at radius 1 is 1.35 bits per heavy atom. The molecule has 1 saturated heterocycles. The van der Waals surface area contributed by atoms with Gasteiger partial charge in [-0.1, -0.05) is 6.07 Å². The van der Waals surface area contributed by atoms with Gasteiger partial charge in [-0.25, -0.2) is 4.99 Å². The summed E-state index contributed by atoms with van der Waals surface area (Å²) in [4.78, 5) is 7.17. The van der Waals surface area contributed by atoms with Crippen LogP contribution in [0.25, 0.3) is 0 Å². The van der Waals surface area contributed by atoms with Crippen LogP contribution in [0.4, 0.5) is 0 Å². The summed E-state index contributed by atoms with van der Waals surface area (Å²) in [6, 6.07) is 6.46. The highest BCUT2D eigenvalue weighted by atomic mass is 127. The van der Waals surface area contributed by atoms with Gasteiger partial charge in [0.1, 0.15) is 0 Å². The third kappa shape index (κ3) is 6.83. The highest BCUT2D eigenvalue weighted by Gasteiger charge is 2.21. The van der Waals surface area contributed by atoms with Crippen molar-refractivity contribution in [2.45, 2.75) is 52.2 Å². The summed E-state index contributed by atoms with van der Waals surface area (Å²) in [6.45, 7) is 10.2. The summed E-state index contributed by atoms with van der Waals surface area (Å²) in [5.41, 5.74) is 0.949. The lowest BCUT2D eigenvalue weighted by molar-refractivity contribution is 0.167. The lowest BCUT2D eigenvalue weighted by atomic mass is 10.0. The number of aromatic hydroxyl groups is 1. The standard InChI is InChI=1S/C19H32N4O2.HI/c1-5-20-19(22-16-8-10-23(11-9-16)14(2)3)21-13-15-6-7-18(25-4)17(24)12-15;/h6-7,12,14,16,24H,5,8-11,13H2,1-4H3,(H2,20,21,22);1H. The predicted molar refractivity (Wildman–Crippen MR) is 118 cm³/mol. The Bertz CT molecular complexity index is 573. The number of piperidine rings is 1. The molecule has 0 amide bonds. The van der Waals surface area contributed by atoms with Crippen molar-refractivity contribution in [3.05, 3.63) is 23.8 Å². The second-order valence-corrected chi connectivity index (χ2v) is 6.75. The van der Waals surface area contributed by atoms with Crippen molar-refractivity contribution in [2.75, 3.05) is 26.7 Å². The quantitative estimate of drug-likeness (QED) is 0.335. The minimum absolute atomic E-state index is 0. The Balaban J connectivity index is 0.00000338. The molecule has 148 valence electrons. The minimum atomic E-state index is 0. The fourth-order valence-corrected chi connectivity index (χ4v) is 3.08. The van der Waals surface area contributed by atoms with Crippen LogP contribution >= 0.6 is 24.0 Å². The SMILES string of the molecule is CCNC(=NCc1ccc(OC)c(O)c1)NC1CCN(C(C)C)CC1.I. The number of nitrogens with zero attached hydrogens (tertiary/aromatic N) is 2. The molecule has 0 saturated carbocycles. The van der Waals surface area contributed by atoms with Gasteiger partial charge in [-0.2, -0.15) is 0 Å². The van der Waals surface area contributed by atoms with Crippen LogP contribution in [0.15, 0.2) is 23.2 Å². The van der Waals surface area contributed by atoms with Crippen LogP contribution in [0.5, 0.6) is 11.5 Å². The van der Waals surface area contributed by atoms with Crippen molar-refractivity contribution in [2.24, 2.45) is 4.99 Å². The first-order valence-electron chi connectivity index (χ1n) is 9.18. The lowest BCUT2D eigenvalue weighted by Crippen LogP contribution is -2.49.